The van der Waals surface area contributed by atoms with Crippen molar-refractivity contribution >= 4 is 110 Å². The maximum atomic E-state index is 13.8. The fraction of sp³-hybridized carbons (Fsp3) is 0.380. The minimum Gasteiger partial charge on any atom is -0.491 e. The average Bonchev–Trinajstić information content (AvgIpc) is 4.36. The molecular formula is C50H55N13O15S2. The second-order valence-corrected chi connectivity index (χ2v) is 19.5. The number of likely N-dealkylation sites (tertiary alicyclic amines) is 1. The Labute approximate surface area is 462 Å². The Morgan fingerprint density at radius 1 is 0.912 bits per heavy atom. The molecule has 6 heterocycles. The van der Waals surface area contributed by atoms with Gasteiger partial charge in [0.1, 0.15) is 29.9 Å². The maximum Gasteiger partial charge on any atom is 0.328 e. The first-order chi connectivity index (χ1) is 38.1. The third-order valence-corrected chi connectivity index (χ3v) is 13.5. The molecule has 28 nitrogen and oxygen atoms in total. The minimum absolute atomic E-state index is 0.00651. The number of carbonyl (C=O) groups excluding carboxylic acids is 9. The van der Waals surface area contributed by atoms with Crippen LogP contribution in [0.3, 0.4) is 0 Å². The number of imide groups is 1. The van der Waals surface area contributed by atoms with Crippen molar-refractivity contribution in [3.05, 3.63) is 87.2 Å². The number of carboxylic acids is 1. The number of primary amides is 2. The summed E-state index contributed by atoms with van der Waals surface area (Å²) < 4.78 is 26.6. The minimum atomic E-state index is -1.47. The number of aliphatic carboxylic acids is 1. The lowest BCUT2D eigenvalue weighted by atomic mass is 10.1. The molecule has 422 valence electrons. The summed E-state index contributed by atoms with van der Waals surface area (Å²) in [6.45, 7) is 7.04. The molecule has 1 aromatic carbocycles. The number of esters is 1. The van der Waals surface area contributed by atoms with Crippen LogP contribution >= 0.6 is 24.0 Å². The van der Waals surface area contributed by atoms with Crippen LogP contribution in [0.15, 0.2) is 50.4 Å². The predicted molar refractivity (Wildman–Crippen MR) is 284 cm³/mol. The van der Waals surface area contributed by atoms with Gasteiger partial charge in [0, 0.05) is 58.0 Å². The van der Waals surface area contributed by atoms with Crippen LogP contribution in [-0.4, -0.2) is 135 Å². The fourth-order valence-electron chi connectivity index (χ4n) is 8.18. The predicted octanol–water partition coefficient (Wildman–Crippen LogP) is 1.84. The van der Waals surface area contributed by atoms with E-state index in [2.05, 4.69) is 53.5 Å². The molecule has 7 rings (SSSR count). The van der Waals surface area contributed by atoms with Crippen molar-refractivity contribution in [1.82, 2.24) is 44.6 Å². The van der Waals surface area contributed by atoms with E-state index in [9.17, 15) is 53.1 Å². The standard InChI is InChI=1S/C50H55N13O15S2/c1-6-28-39(77-24(4)55-28)45(71)59-49-58-31-17-26(41(51)68)18-32(75-15-10-16-76-48(74)23(3)54-44(70)30(11-12-37(66)67)57-35(64)22-63-36(65)20-33(79)47(63)73)38(31)61(49)13-8-9-14-62-43-34(19-27(21-53-43)42(52)69)80-50(62)60-46(72)40-29(7-2)56-25(5)78-40/h8-9,17-19,21,23,30,33,79H,6-7,10-16,20,22H2,1-5H3,(H2,51,68)(H2,52,69)(H,54,70)(H,57,64)(H,66,67)(H,58,59,71)/b9-8+,60-50?/t23-,30-,33?/m0/s1. The molecule has 3 atom stereocenters. The van der Waals surface area contributed by atoms with Crippen LogP contribution in [0.5, 0.6) is 5.75 Å². The molecule has 0 radical (unpaired) electrons. The van der Waals surface area contributed by atoms with Gasteiger partial charge in [0.15, 0.2) is 22.2 Å². The lowest BCUT2D eigenvalue weighted by Crippen LogP contribution is -2.53. The van der Waals surface area contributed by atoms with Gasteiger partial charge in [-0.25, -0.2) is 24.7 Å². The molecule has 30 heteroatoms. The zero-order valence-electron chi connectivity index (χ0n) is 43.7. The highest BCUT2D eigenvalue weighted by Gasteiger charge is 2.38. The number of oxazole rings is 2. The summed E-state index contributed by atoms with van der Waals surface area (Å²) in [4.78, 5) is 150. The Hall–Kier alpha value is -9.06. The second kappa shape index (κ2) is 25.6. The van der Waals surface area contributed by atoms with E-state index in [0.717, 1.165) is 11.3 Å². The molecule has 1 aliphatic heterocycles. The van der Waals surface area contributed by atoms with Crippen LogP contribution in [0.25, 0.3) is 21.4 Å². The molecule has 8 amide bonds. The maximum absolute atomic E-state index is 13.8. The quantitative estimate of drug-likeness (QED) is 0.0141. The highest BCUT2D eigenvalue weighted by Crippen LogP contribution is 2.32. The van der Waals surface area contributed by atoms with E-state index in [-0.39, 0.29) is 95.2 Å². The first kappa shape index (κ1) is 58.6. The Balaban J connectivity index is 1.10. The number of aromatic nitrogens is 6. The van der Waals surface area contributed by atoms with Crippen LogP contribution in [0.4, 0.5) is 5.95 Å². The van der Waals surface area contributed by atoms with Gasteiger partial charge >= 0.3 is 17.8 Å². The summed E-state index contributed by atoms with van der Waals surface area (Å²) in [6.07, 6.45) is 4.40. The molecule has 0 bridgehead atoms. The molecular weight excluding hydrogens is 1090 g/mol. The normalized spacial score (nSPS) is 14.4. The lowest BCUT2D eigenvalue weighted by molar-refractivity contribution is -0.148. The van der Waals surface area contributed by atoms with E-state index in [1.54, 1.807) is 42.1 Å². The molecule has 0 saturated carbocycles. The third kappa shape index (κ3) is 13.8. The SMILES string of the molecule is CCc1nc(C)oc1C(=O)N=c1sc2cc(C(N)=O)cnc2n1C/C=C/Cn1c(NC(=O)c2oc(C)nc2CC)nc2cc(C(N)=O)cc(OCCCOC(=O)[C@H](C)NC(=O)[C@H](CCC(=O)O)NC(=O)CN3C(=O)CC(S)C3=O)c21. The van der Waals surface area contributed by atoms with Crippen LogP contribution < -0.4 is 37.0 Å². The number of anilines is 1. The Bertz CT molecular complexity index is 3570. The monoisotopic (exact) mass is 1140 g/mol. The number of pyridine rings is 1. The number of benzene rings is 1. The summed E-state index contributed by atoms with van der Waals surface area (Å²) in [7, 11) is 0. The van der Waals surface area contributed by atoms with Gasteiger partial charge in [-0.1, -0.05) is 37.3 Å². The van der Waals surface area contributed by atoms with Crippen LogP contribution in [0.1, 0.15) is 111 Å². The van der Waals surface area contributed by atoms with Gasteiger partial charge in [0.25, 0.3) is 5.91 Å². The largest absolute Gasteiger partial charge is 0.491 e. The zero-order valence-corrected chi connectivity index (χ0v) is 45.4. The van der Waals surface area contributed by atoms with E-state index >= 15 is 0 Å². The van der Waals surface area contributed by atoms with E-state index in [1.165, 1.54) is 31.3 Å². The number of carbonyl (C=O) groups is 10. The highest BCUT2D eigenvalue weighted by atomic mass is 32.1. The molecule has 6 aromatic rings. The first-order valence-corrected chi connectivity index (χ1v) is 26.1. The summed E-state index contributed by atoms with van der Waals surface area (Å²) in [5.74, 6) is -7.76. The molecule has 1 saturated heterocycles. The van der Waals surface area contributed by atoms with Crippen molar-refractivity contribution in [3.63, 3.8) is 0 Å². The van der Waals surface area contributed by atoms with Crippen molar-refractivity contribution in [2.24, 2.45) is 16.5 Å². The van der Waals surface area contributed by atoms with Crippen molar-refractivity contribution < 1.29 is 71.4 Å². The average molecular weight is 1140 g/mol. The number of nitrogens with zero attached hydrogens (tertiary/aromatic N) is 8. The number of nitrogens with two attached hydrogens (primary N) is 2. The van der Waals surface area contributed by atoms with Gasteiger partial charge in [0.2, 0.25) is 52.9 Å². The van der Waals surface area contributed by atoms with Crippen molar-refractivity contribution in [2.45, 2.75) is 104 Å². The van der Waals surface area contributed by atoms with E-state index in [4.69, 9.17) is 29.8 Å². The smallest absolute Gasteiger partial charge is 0.328 e. The molecule has 0 spiro atoms. The van der Waals surface area contributed by atoms with Crippen LogP contribution in [-0.2, 0) is 59.4 Å². The number of allylic oxidation sites excluding steroid dienone is 2. The van der Waals surface area contributed by atoms with E-state index in [0.29, 0.717) is 45.4 Å². The Morgan fingerprint density at radius 2 is 1.57 bits per heavy atom. The van der Waals surface area contributed by atoms with Crippen molar-refractivity contribution in [1.29, 1.82) is 0 Å². The zero-order chi connectivity index (χ0) is 58.1. The van der Waals surface area contributed by atoms with Gasteiger partial charge in [-0.15, -0.1) is 0 Å². The van der Waals surface area contributed by atoms with E-state index in [1.807, 2.05) is 6.92 Å². The fourth-order valence-corrected chi connectivity index (χ4v) is 9.51. The molecule has 0 aliphatic carbocycles. The first-order valence-electron chi connectivity index (χ1n) is 24.8. The number of ether oxygens (including phenoxy) is 2. The highest BCUT2D eigenvalue weighted by molar-refractivity contribution is 7.81. The van der Waals surface area contributed by atoms with Crippen molar-refractivity contribution in [3.8, 4) is 5.75 Å². The lowest BCUT2D eigenvalue weighted by Gasteiger charge is -2.22. The number of amides is 8. The number of thiazole rings is 1. The number of nitrogens with one attached hydrogen (secondary N) is 3. The number of hydrogen-bond acceptors (Lipinski definition) is 20. The number of carboxylic acid groups (broad SMARTS) is 1. The molecule has 1 unspecified atom stereocenters. The third-order valence-electron chi connectivity index (χ3n) is 12.1. The number of thiol groups is 1. The van der Waals surface area contributed by atoms with Gasteiger partial charge in [0.05, 0.1) is 45.6 Å². The number of rotatable bonds is 25. The summed E-state index contributed by atoms with van der Waals surface area (Å²) in [5.41, 5.74) is 13.1. The van der Waals surface area contributed by atoms with Crippen molar-refractivity contribution in [2.75, 3.05) is 25.1 Å². The number of fused-ring (bicyclic) bond motifs is 2. The Morgan fingerprint density at radius 3 is 2.21 bits per heavy atom. The summed E-state index contributed by atoms with van der Waals surface area (Å²) in [6, 6.07) is 1.54. The molecule has 5 aromatic heterocycles. The van der Waals surface area contributed by atoms with Crippen LogP contribution in [0.2, 0.25) is 0 Å². The topological polar surface area (TPSA) is 401 Å². The molecule has 8 N–H and O–H groups in total. The second-order valence-electron chi connectivity index (χ2n) is 17.9. The summed E-state index contributed by atoms with van der Waals surface area (Å²) >= 11 is 5.10. The van der Waals surface area contributed by atoms with Gasteiger partial charge in [-0.05, 0) is 44.4 Å². The van der Waals surface area contributed by atoms with Crippen LogP contribution in [0, 0.1) is 13.8 Å². The molecule has 1 aliphatic rings. The number of hydrogen-bond donors (Lipinski definition) is 7. The van der Waals surface area contributed by atoms with Gasteiger partial charge in [-0.2, -0.15) is 17.6 Å². The number of imidazole rings is 1. The number of aryl methyl sites for hydroxylation is 4. The Kier molecular flexibility index (Phi) is 18.8. The van der Waals surface area contributed by atoms with Gasteiger partial charge in [-0.3, -0.25) is 57.9 Å². The van der Waals surface area contributed by atoms with E-state index < -0.39 is 95.9 Å². The van der Waals surface area contributed by atoms with Gasteiger partial charge < -0.3 is 50.1 Å². The summed E-state index contributed by atoms with van der Waals surface area (Å²) in [5, 5.41) is 15.8. The molecule has 1 fully saturated rings. The molecule has 80 heavy (non-hydrogen) atoms.